The van der Waals surface area contributed by atoms with Crippen LogP contribution in [0.15, 0.2) is 18.6 Å². The second-order valence-corrected chi connectivity index (χ2v) is 5.89. The van der Waals surface area contributed by atoms with E-state index in [2.05, 4.69) is 20.3 Å². The Bertz CT molecular complexity index is 757. The fourth-order valence-corrected chi connectivity index (χ4v) is 3.40. The number of hydrogen-bond acceptors (Lipinski definition) is 7. The highest BCUT2D eigenvalue weighted by Crippen LogP contribution is 2.33. The van der Waals surface area contributed by atoms with Crippen LogP contribution in [0.3, 0.4) is 0 Å². The van der Waals surface area contributed by atoms with Crippen molar-refractivity contribution in [3.63, 3.8) is 0 Å². The molecule has 1 amide bonds. The molecule has 2 heterocycles. The molecule has 0 bridgehead atoms. The molecule has 22 heavy (non-hydrogen) atoms. The number of amides is 1. The number of rotatable bonds is 3. The van der Waals surface area contributed by atoms with Gasteiger partial charge in [-0.3, -0.25) is 19.4 Å². The lowest BCUT2D eigenvalue weighted by atomic mass is 9.85. The topological polar surface area (TPSA) is 102 Å². The summed E-state index contributed by atoms with van der Waals surface area (Å²) in [5.74, 6) is -1.58. The molecule has 7 nitrogen and oxygen atoms in total. The predicted octanol–water partition coefficient (Wildman–Crippen LogP) is 1.52. The molecule has 8 heteroatoms. The summed E-state index contributed by atoms with van der Waals surface area (Å²) >= 11 is 1.11. The summed E-state index contributed by atoms with van der Waals surface area (Å²) in [6.45, 7) is 1.38. The second-order valence-electron chi connectivity index (χ2n) is 4.89. The van der Waals surface area contributed by atoms with Crippen LogP contribution in [0.5, 0.6) is 0 Å². The van der Waals surface area contributed by atoms with E-state index in [0.29, 0.717) is 28.5 Å². The van der Waals surface area contributed by atoms with Crippen molar-refractivity contribution >= 4 is 33.9 Å². The Hall–Kier alpha value is -2.48. The summed E-state index contributed by atoms with van der Waals surface area (Å²) in [7, 11) is 0. The molecular formula is C14H12N4O3S. The number of carbonyl (C=O) groups is 3. The highest BCUT2D eigenvalue weighted by atomic mass is 32.1. The van der Waals surface area contributed by atoms with Crippen molar-refractivity contribution in [3.05, 3.63) is 34.9 Å². The van der Waals surface area contributed by atoms with Crippen LogP contribution >= 0.6 is 11.3 Å². The Kier molecular flexibility index (Phi) is 3.76. The Morgan fingerprint density at radius 1 is 1.36 bits per heavy atom. The maximum atomic E-state index is 12.5. The Morgan fingerprint density at radius 3 is 2.86 bits per heavy atom. The monoisotopic (exact) mass is 316 g/mol. The second kappa shape index (κ2) is 5.72. The summed E-state index contributed by atoms with van der Waals surface area (Å²) in [4.78, 5) is 48.5. The zero-order valence-electron chi connectivity index (χ0n) is 11.7. The molecule has 2 aromatic heterocycles. The van der Waals surface area contributed by atoms with E-state index in [-0.39, 0.29) is 23.2 Å². The van der Waals surface area contributed by atoms with Gasteiger partial charge in [0, 0.05) is 19.3 Å². The minimum absolute atomic E-state index is 0.191. The minimum Gasteiger partial charge on any atom is -0.302 e. The normalized spacial score (nSPS) is 17.0. The average Bonchev–Trinajstić information content (AvgIpc) is 2.90. The van der Waals surface area contributed by atoms with Crippen LogP contribution in [-0.4, -0.2) is 32.4 Å². The number of aryl methyl sites for hydroxylation is 1. The van der Waals surface area contributed by atoms with Gasteiger partial charge in [0.25, 0.3) is 0 Å². The van der Waals surface area contributed by atoms with E-state index in [1.807, 2.05) is 0 Å². The number of hydrogen-bond donors (Lipinski definition) is 1. The molecule has 0 saturated heterocycles. The fourth-order valence-electron chi connectivity index (χ4n) is 2.34. The number of nitrogens with one attached hydrogen (secondary N) is 1. The molecule has 0 unspecified atom stereocenters. The van der Waals surface area contributed by atoms with E-state index in [9.17, 15) is 14.4 Å². The van der Waals surface area contributed by atoms with Crippen LogP contribution in [0.1, 0.15) is 39.2 Å². The molecule has 2 aromatic rings. The van der Waals surface area contributed by atoms with E-state index in [4.69, 9.17) is 0 Å². The zero-order chi connectivity index (χ0) is 15.7. The van der Waals surface area contributed by atoms with Gasteiger partial charge in [-0.05, 0) is 12.8 Å². The van der Waals surface area contributed by atoms with Crippen LogP contribution in [0, 0.1) is 5.92 Å². The average molecular weight is 316 g/mol. The highest BCUT2D eigenvalue weighted by Gasteiger charge is 2.36. The van der Waals surface area contributed by atoms with Crippen LogP contribution in [0.2, 0.25) is 0 Å². The number of anilines is 1. The first kappa shape index (κ1) is 14.5. The van der Waals surface area contributed by atoms with Crippen molar-refractivity contribution in [2.75, 3.05) is 5.32 Å². The summed E-state index contributed by atoms with van der Waals surface area (Å²) < 4.78 is 0. The van der Waals surface area contributed by atoms with Crippen LogP contribution in [0.4, 0.5) is 5.13 Å². The van der Waals surface area contributed by atoms with Gasteiger partial charge in [-0.1, -0.05) is 11.3 Å². The van der Waals surface area contributed by atoms with Crippen molar-refractivity contribution in [3.8, 4) is 0 Å². The molecule has 0 radical (unpaired) electrons. The molecule has 0 aliphatic heterocycles. The number of thiazole rings is 1. The number of fused-ring (bicyclic) bond motifs is 1. The summed E-state index contributed by atoms with van der Waals surface area (Å²) in [5.41, 5.74) is 0.831. The van der Waals surface area contributed by atoms with Gasteiger partial charge in [-0.25, -0.2) is 9.97 Å². The van der Waals surface area contributed by atoms with E-state index in [1.165, 1.54) is 25.5 Å². The van der Waals surface area contributed by atoms with Gasteiger partial charge in [0.1, 0.15) is 5.69 Å². The quantitative estimate of drug-likeness (QED) is 0.680. The standard InChI is InChI=1S/C14H12N4O3S/c1-7(19)17-14-18-9-3-2-8(12(21)13(9)22-14)11(20)10-6-15-4-5-16-10/h4-6,8H,2-3H2,1H3,(H,17,18,19)/t8-/m0/s1. The first-order valence-electron chi connectivity index (χ1n) is 6.68. The number of carbonyl (C=O) groups excluding carboxylic acids is 3. The van der Waals surface area contributed by atoms with E-state index in [1.54, 1.807) is 0 Å². The molecule has 3 rings (SSSR count). The van der Waals surface area contributed by atoms with Crippen molar-refractivity contribution in [2.24, 2.45) is 5.92 Å². The lowest BCUT2D eigenvalue weighted by Gasteiger charge is -2.17. The molecule has 112 valence electrons. The van der Waals surface area contributed by atoms with Crippen molar-refractivity contribution < 1.29 is 14.4 Å². The van der Waals surface area contributed by atoms with Gasteiger partial charge in [0.15, 0.2) is 16.7 Å². The Balaban J connectivity index is 1.86. The lowest BCUT2D eigenvalue weighted by Crippen LogP contribution is -2.29. The number of aromatic nitrogens is 3. The Labute approximate surface area is 129 Å². The van der Waals surface area contributed by atoms with E-state index in [0.717, 1.165) is 11.3 Å². The SMILES string of the molecule is CC(=O)Nc1nc2c(s1)C(=O)[C@H](C(=O)c1cnccn1)CC2. The maximum absolute atomic E-state index is 12.5. The molecule has 1 N–H and O–H groups in total. The summed E-state index contributed by atoms with van der Waals surface area (Å²) in [5, 5.41) is 2.95. The van der Waals surface area contributed by atoms with Gasteiger partial charge in [-0.2, -0.15) is 0 Å². The highest BCUT2D eigenvalue weighted by molar-refractivity contribution is 7.17. The lowest BCUT2D eigenvalue weighted by molar-refractivity contribution is -0.114. The summed E-state index contributed by atoms with van der Waals surface area (Å²) in [6, 6.07) is 0. The van der Waals surface area contributed by atoms with Gasteiger partial charge in [0.05, 0.1) is 22.7 Å². The number of ketones is 2. The molecule has 0 spiro atoms. The van der Waals surface area contributed by atoms with E-state index < -0.39 is 5.92 Å². The van der Waals surface area contributed by atoms with Crippen LogP contribution in [0.25, 0.3) is 0 Å². The first-order valence-corrected chi connectivity index (χ1v) is 7.49. The minimum atomic E-state index is -0.755. The number of Topliss-reactive ketones (excluding diaryl/α,β-unsaturated/α-hetero) is 2. The number of nitrogens with zero attached hydrogens (tertiary/aromatic N) is 3. The third kappa shape index (κ3) is 2.64. The third-order valence-electron chi connectivity index (χ3n) is 3.32. The van der Waals surface area contributed by atoms with Crippen LogP contribution < -0.4 is 5.32 Å². The van der Waals surface area contributed by atoms with Gasteiger partial charge in [-0.15, -0.1) is 0 Å². The van der Waals surface area contributed by atoms with Crippen LogP contribution in [-0.2, 0) is 11.2 Å². The van der Waals surface area contributed by atoms with Crippen molar-refractivity contribution in [1.82, 2.24) is 15.0 Å². The predicted molar refractivity (Wildman–Crippen MR) is 78.9 cm³/mol. The zero-order valence-corrected chi connectivity index (χ0v) is 12.5. The van der Waals surface area contributed by atoms with E-state index >= 15 is 0 Å². The van der Waals surface area contributed by atoms with Gasteiger partial charge < -0.3 is 5.32 Å². The maximum Gasteiger partial charge on any atom is 0.223 e. The van der Waals surface area contributed by atoms with Crippen molar-refractivity contribution in [1.29, 1.82) is 0 Å². The fraction of sp³-hybridized carbons (Fsp3) is 0.286. The summed E-state index contributed by atoms with van der Waals surface area (Å²) in [6.07, 6.45) is 5.17. The smallest absolute Gasteiger partial charge is 0.223 e. The van der Waals surface area contributed by atoms with Crippen molar-refractivity contribution in [2.45, 2.75) is 19.8 Å². The molecule has 0 fully saturated rings. The van der Waals surface area contributed by atoms with Gasteiger partial charge >= 0.3 is 0 Å². The Morgan fingerprint density at radius 2 is 2.18 bits per heavy atom. The molecule has 1 atom stereocenters. The third-order valence-corrected chi connectivity index (χ3v) is 4.35. The first-order chi connectivity index (χ1) is 10.6. The molecule has 0 saturated carbocycles. The largest absolute Gasteiger partial charge is 0.302 e. The molecule has 1 aliphatic rings. The molecule has 1 aliphatic carbocycles. The van der Waals surface area contributed by atoms with Gasteiger partial charge in [0.2, 0.25) is 5.91 Å². The molecular weight excluding hydrogens is 304 g/mol. The molecule has 0 aromatic carbocycles.